The van der Waals surface area contributed by atoms with Gasteiger partial charge >= 0.3 is 19.8 Å². The fourth-order valence-electron chi connectivity index (χ4n) is 4.06. The number of likely N-dealkylation sites (N-methyl/N-ethyl adjacent to an activating group) is 1. The largest absolute Gasteiger partial charge is 0.472 e. The third kappa shape index (κ3) is 30.3. The zero-order valence-electron chi connectivity index (χ0n) is 28.1. The van der Waals surface area contributed by atoms with Gasteiger partial charge in [-0.3, -0.25) is 28.2 Å². The number of hydrogen-bond acceptors (Lipinski definition) is 9. The lowest BCUT2D eigenvalue weighted by Crippen LogP contribution is -2.37. The predicted octanol–water partition coefficient (Wildman–Crippen LogP) is 6.42. The van der Waals surface area contributed by atoms with Crippen LogP contribution in [0.15, 0.2) is 24.3 Å². The molecule has 11 nitrogen and oxygen atoms in total. The quantitative estimate of drug-likeness (QED) is 0.0174. The van der Waals surface area contributed by atoms with Crippen molar-refractivity contribution in [1.82, 2.24) is 0 Å². The average molecular weight is 661 g/mol. The molecule has 0 aromatic carbocycles. The SMILES string of the molecule is CCCCCCCC/C=C\CCCCCCCC(=O)OC[C@H](COP(=O)(O)OCC[N+](C)(C)C)OC(=O)CCC(=O)/C=C/C=O. The summed E-state index contributed by atoms with van der Waals surface area (Å²) in [5, 5.41) is 0. The molecule has 0 aromatic heterocycles. The summed E-state index contributed by atoms with van der Waals surface area (Å²) in [4.78, 5) is 56.6. The summed E-state index contributed by atoms with van der Waals surface area (Å²) in [7, 11) is 1.23. The standard InChI is InChI=1S/C33H58NO10P/c1-5-6-7-8-9-10-11-12-13-14-15-16-17-18-19-22-32(37)41-28-31(44-33(38)24-23-30(36)21-20-26-35)29-43-45(39,40)42-27-25-34(2,3)4/h12-13,20-21,26,31H,5-11,14-19,22-25,27-29H2,1-4H3/p+1/b13-12-,21-20+/t31-/m1/s1. The van der Waals surface area contributed by atoms with Crippen LogP contribution in [0.3, 0.4) is 0 Å². The zero-order chi connectivity index (χ0) is 33.8. The number of allylic oxidation sites excluding steroid dienone is 4. The molecule has 0 fully saturated rings. The highest BCUT2D eigenvalue weighted by atomic mass is 31.2. The van der Waals surface area contributed by atoms with Gasteiger partial charge in [-0.25, -0.2) is 4.57 Å². The van der Waals surface area contributed by atoms with Crippen molar-refractivity contribution in [3.8, 4) is 0 Å². The van der Waals surface area contributed by atoms with Gasteiger partial charge in [0.2, 0.25) is 0 Å². The van der Waals surface area contributed by atoms with Crippen molar-refractivity contribution in [3.05, 3.63) is 24.3 Å². The molecule has 2 atom stereocenters. The van der Waals surface area contributed by atoms with E-state index < -0.39 is 38.3 Å². The van der Waals surface area contributed by atoms with E-state index in [-0.39, 0.29) is 32.5 Å². The Labute approximate surface area is 270 Å². The van der Waals surface area contributed by atoms with Gasteiger partial charge in [0.15, 0.2) is 11.9 Å². The third-order valence-electron chi connectivity index (χ3n) is 6.75. The highest BCUT2D eigenvalue weighted by Gasteiger charge is 2.27. The smallest absolute Gasteiger partial charge is 0.462 e. The second-order valence-corrected chi connectivity index (χ2v) is 13.7. The Morgan fingerprint density at radius 3 is 1.98 bits per heavy atom. The summed E-state index contributed by atoms with van der Waals surface area (Å²) in [5.74, 6) is -1.71. The minimum absolute atomic E-state index is 0.0386. The molecule has 0 aliphatic heterocycles. The molecule has 12 heteroatoms. The molecule has 0 aliphatic carbocycles. The average Bonchev–Trinajstić information content (AvgIpc) is 2.97. The Morgan fingerprint density at radius 1 is 0.778 bits per heavy atom. The van der Waals surface area contributed by atoms with Gasteiger partial charge in [-0.05, 0) is 44.3 Å². The van der Waals surface area contributed by atoms with Gasteiger partial charge in [0.05, 0.1) is 34.2 Å². The van der Waals surface area contributed by atoms with E-state index in [1.807, 2.05) is 21.1 Å². The molecule has 0 amide bonds. The number of phosphoric ester groups is 1. The van der Waals surface area contributed by atoms with Crippen LogP contribution < -0.4 is 0 Å². The Morgan fingerprint density at radius 2 is 1.38 bits per heavy atom. The third-order valence-corrected chi connectivity index (χ3v) is 7.73. The van der Waals surface area contributed by atoms with Gasteiger partial charge in [-0.2, -0.15) is 0 Å². The lowest BCUT2D eigenvalue weighted by Gasteiger charge is -2.24. The van der Waals surface area contributed by atoms with Crippen molar-refractivity contribution in [3.63, 3.8) is 0 Å². The van der Waals surface area contributed by atoms with Crippen molar-refractivity contribution in [2.24, 2.45) is 0 Å². The van der Waals surface area contributed by atoms with Crippen LogP contribution in [0.1, 0.15) is 110 Å². The van der Waals surface area contributed by atoms with Crippen molar-refractivity contribution < 1.29 is 51.6 Å². The highest BCUT2D eigenvalue weighted by Crippen LogP contribution is 2.43. The molecule has 0 saturated carbocycles. The van der Waals surface area contributed by atoms with E-state index in [0.29, 0.717) is 23.7 Å². The second kappa shape index (κ2) is 27.0. The van der Waals surface area contributed by atoms with E-state index in [2.05, 4.69) is 19.1 Å². The summed E-state index contributed by atoms with van der Waals surface area (Å²) in [5.41, 5.74) is 0. The van der Waals surface area contributed by atoms with Crippen molar-refractivity contribution in [1.29, 1.82) is 0 Å². The Bertz CT molecular complexity index is 929. The van der Waals surface area contributed by atoms with Gasteiger partial charge in [0.25, 0.3) is 0 Å². The fraction of sp³-hybridized carbons (Fsp3) is 0.758. The van der Waals surface area contributed by atoms with E-state index in [0.717, 1.165) is 50.7 Å². The number of hydrogen-bond donors (Lipinski definition) is 1. The van der Waals surface area contributed by atoms with E-state index in [1.54, 1.807) is 0 Å². The number of rotatable bonds is 30. The first-order valence-electron chi connectivity index (χ1n) is 16.5. The van der Waals surface area contributed by atoms with Gasteiger partial charge in [0, 0.05) is 12.8 Å². The molecule has 0 rings (SSSR count). The number of carbonyl (C=O) groups excluding carboxylic acids is 4. The predicted molar refractivity (Wildman–Crippen MR) is 174 cm³/mol. The molecule has 0 aliphatic rings. The monoisotopic (exact) mass is 660 g/mol. The number of quaternary nitrogens is 1. The summed E-state index contributed by atoms with van der Waals surface area (Å²) >= 11 is 0. The van der Waals surface area contributed by atoms with E-state index in [4.69, 9.17) is 18.5 Å². The van der Waals surface area contributed by atoms with Gasteiger partial charge in [0.1, 0.15) is 26.0 Å². The first-order chi connectivity index (χ1) is 21.4. The Hall–Kier alpha value is -2.17. The number of esters is 2. The number of carbonyl (C=O) groups is 4. The number of ether oxygens (including phenoxy) is 2. The van der Waals surface area contributed by atoms with Crippen molar-refractivity contribution in [2.45, 2.75) is 116 Å². The van der Waals surface area contributed by atoms with Gasteiger partial charge in [-0.15, -0.1) is 0 Å². The molecular weight excluding hydrogens is 601 g/mol. The molecular formula is C33H59NO10P+. The normalized spacial score (nSPS) is 14.0. The minimum atomic E-state index is -4.46. The number of phosphoric acid groups is 1. The molecule has 260 valence electrons. The van der Waals surface area contributed by atoms with Gasteiger partial charge in [-0.1, -0.05) is 70.4 Å². The van der Waals surface area contributed by atoms with E-state index >= 15 is 0 Å². The van der Waals surface area contributed by atoms with Crippen molar-refractivity contribution in [2.75, 3.05) is 47.5 Å². The molecule has 1 unspecified atom stereocenters. The van der Waals surface area contributed by atoms with Crippen LogP contribution in [0.5, 0.6) is 0 Å². The fourth-order valence-corrected chi connectivity index (χ4v) is 4.80. The molecule has 45 heavy (non-hydrogen) atoms. The number of nitrogens with zero attached hydrogens (tertiary/aromatic N) is 1. The molecule has 0 saturated heterocycles. The van der Waals surface area contributed by atoms with Crippen LogP contribution in [0.25, 0.3) is 0 Å². The first kappa shape index (κ1) is 42.8. The molecule has 0 aromatic rings. The maximum absolute atomic E-state index is 12.3. The molecule has 1 N–H and O–H groups in total. The number of aldehydes is 1. The van der Waals surface area contributed by atoms with E-state index in [1.165, 1.54) is 38.5 Å². The maximum Gasteiger partial charge on any atom is 0.472 e. The highest BCUT2D eigenvalue weighted by molar-refractivity contribution is 7.47. The summed E-state index contributed by atoms with van der Waals surface area (Å²) < 4.78 is 33.3. The lowest BCUT2D eigenvalue weighted by molar-refractivity contribution is -0.870. The van der Waals surface area contributed by atoms with Crippen molar-refractivity contribution >= 4 is 31.8 Å². The van der Waals surface area contributed by atoms with Gasteiger partial charge < -0.3 is 18.9 Å². The summed E-state index contributed by atoms with van der Waals surface area (Å²) in [6.07, 6.45) is 20.5. The second-order valence-electron chi connectivity index (χ2n) is 12.2. The molecule has 0 radical (unpaired) electrons. The molecule has 0 bridgehead atoms. The lowest BCUT2D eigenvalue weighted by atomic mass is 10.1. The molecule has 0 heterocycles. The Kier molecular flexibility index (Phi) is 25.7. The van der Waals surface area contributed by atoms with Crippen LogP contribution >= 0.6 is 7.82 Å². The molecule has 0 spiro atoms. The minimum Gasteiger partial charge on any atom is -0.462 e. The van der Waals surface area contributed by atoms with Crippen LogP contribution in [0, 0.1) is 0 Å². The van der Waals surface area contributed by atoms with Crippen LogP contribution in [0.4, 0.5) is 0 Å². The number of unbranched alkanes of at least 4 members (excludes halogenated alkanes) is 11. The maximum atomic E-state index is 12.3. The van der Waals surface area contributed by atoms with Crippen LogP contribution in [-0.2, 0) is 42.3 Å². The van der Waals surface area contributed by atoms with Crippen LogP contribution in [-0.4, -0.2) is 87.0 Å². The summed E-state index contributed by atoms with van der Waals surface area (Å²) in [6, 6.07) is 0. The summed E-state index contributed by atoms with van der Waals surface area (Å²) in [6.45, 7) is 1.71. The number of ketones is 1. The first-order valence-corrected chi connectivity index (χ1v) is 17.9. The Balaban J connectivity index is 4.45. The zero-order valence-corrected chi connectivity index (χ0v) is 29.0. The van der Waals surface area contributed by atoms with E-state index in [9.17, 15) is 28.6 Å². The topological polar surface area (TPSA) is 142 Å². The van der Waals surface area contributed by atoms with Crippen LogP contribution in [0.2, 0.25) is 0 Å².